The Morgan fingerprint density at radius 2 is 1.88 bits per heavy atom. The second-order valence-electron chi connectivity index (χ2n) is 6.02. The Morgan fingerprint density at radius 3 is 2.52 bits per heavy atom. The second-order valence-corrected chi connectivity index (χ2v) is 6.02. The van der Waals surface area contributed by atoms with Gasteiger partial charge in [-0.25, -0.2) is 0 Å². The first kappa shape index (κ1) is 17.3. The molecular weight excluding hydrogens is 331 g/mol. The van der Waals surface area contributed by atoms with Gasteiger partial charge in [-0.1, -0.05) is 12.1 Å². The number of carbonyl (C=O) groups excluding carboxylic acids is 1. The molecule has 6 heteroatoms. The lowest BCUT2D eigenvalue weighted by Crippen LogP contribution is -2.36. The zero-order chi connectivity index (χ0) is 18.0. The molecule has 3 rings (SSSR count). The summed E-state index contributed by atoms with van der Waals surface area (Å²) in [6, 6.07) is 10.3. The SMILES string of the molecule is COc1ccc2c(c1)CCCN2C(=O)Cc1ccc(C(F)(F)F)cc1. The molecule has 0 N–H and O–H groups in total. The van der Waals surface area contributed by atoms with Gasteiger partial charge < -0.3 is 9.64 Å². The van der Waals surface area contributed by atoms with Crippen molar-refractivity contribution in [3.8, 4) is 5.75 Å². The van der Waals surface area contributed by atoms with E-state index in [4.69, 9.17) is 4.74 Å². The van der Waals surface area contributed by atoms with Gasteiger partial charge in [0.2, 0.25) is 5.91 Å². The van der Waals surface area contributed by atoms with E-state index in [0.717, 1.165) is 42.0 Å². The number of carbonyl (C=O) groups is 1. The molecule has 25 heavy (non-hydrogen) atoms. The molecule has 0 unspecified atom stereocenters. The first-order valence-corrected chi connectivity index (χ1v) is 8.02. The van der Waals surface area contributed by atoms with E-state index in [2.05, 4.69) is 0 Å². The Morgan fingerprint density at radius 1 is 1.16 bits per heavy atom. The van der Waals surface area contributed by atoms with Crippen LogP contribution in [0.4, 0.5) is 18.9 Å². The van der Waals surface area contributed by atoms with Gasteiger partial charge >= 0.3 is 6.18 Å². The first-order valence-electron chi connectivity index (χ1n) is 8.02. The Kier molecular flexibility index (Phi) is 4.70. The number of fused-ring (bicyclic) bond motifs is 1. The summed E-state index contributed by atoms with van der Waals surface area (Å²) in [7, 11) is 1.60. The number of hydrogen-bond donors (Lipinski definition) is 0. The van der Waals surface area contributed by atoms with Gasteiger partial charge in [0.15, 0.2) is 0 Å². The zero-order valence-corrected chi connectivity index (χ0v) is 13.8. The standard InChI is InChI=1S/C19H18F3NO2/c1-25-16-8-9-17-14(12-16)3-2-10-23(17)18(24)11-13-4-6-15(7-5-13)19(20,21)22/h4-9,12H,2-3,10-11H2,1H3. The minimum Gasteiger partial charge on any atom is -0.497 e. The van der Waals surface area contributed by atoms with Crippen LogP contribution in [0.15, 0.2) is 42.5 Å². The van der Waals surface area contributed by atoms with Crippen LogP contribution in [-0.2, 0) is 23.8 Å². The molecule has 0 saturated carbocycles. The second kappa shape index (κ2) is 6.78. The quantitative estimate of drug-likeness (QED) is 0.830. The van der Waals surface area contributed by atoms with E-state index in [0.29, 0.717) is 12.1 Å². The van der Waals surface area contributed by atoms with Crippen molar-refractivity contribution in [2.75, 3.05) is 18.6 Å². The van der Waals surface area contributed by atoms with Crippen molar-refractivity contribution in [2.24, 2.45) is 0 Å². The van der Waals surface area contributed by atoms with Gasteiger partial charge in [0, 0.05) is 12.2 Å². The van der Waals surface area contributed by atoms with Crippen LogP contribution >= 0.6 is 0 Å². The highest BCUT2D eigenvalue weighted by Gasteiger charge is 2.30. The van der Waals surface area contributed by atoms with Crippen LogP contribution in [0.2, 0.25) is 0 Å². The number of halogens is 3. The Bertz CT molecular complexity index is 769. The van der Waals surface area contributed by atoms with Gasteiger partial charge in [-0.3, -0.25) is 4.79 Å². The summed E-state index contributed by atoms with van der Waals surface area (Å²) in [6.45, 7) is 0.610. The minimum atomic E-state index is -4.37. The molecule has 1 aliphatic heterocycles. The van der Waals surface area contributed by atoms with Crippen LogP contribution in [0.5, 0.6) is 5.75 Å². The van der Waals surface area contributed by atoms with Crippen molar-refractivity contribution in [1.29, 1.82) is 0 Å². The van der Waals surface area contributed by atoms with E-state index >= 15 is 0 Å². The summed E-state index contributed by atoms with van der Waals surface area (Å²) in [6.07, 6.45) is -2.58. The van der Waals surface area contributed by atoms with Gasteiger partial charge in [0.25, 0.3) is 0 Å². The third kappa shape index (κ3) is 3.78. The summed E-state index contributed by atoms with van der Waals surface area (Å²) in [4.78, 5) is 14.3. The van der Waals surface area contributed by atoms with E-state index in [1.165, 1.54) is 12.1 Å². The normalized spacial score (nSPS) is 14.2. The molecule has 0 bridgehead atoms. The van der Waals surface area contributed by atoms with Crippen molar-refractivity contribution in [3.05, 3.63) is 59.2 Å². The highest BCUT2D eigenvalue weighted by molar-refractivity contribution is 5.96. The van der Waals surface area contributed by atoms with Crippen molar-refractivity contribution >= 4 is 11.6 Å². The number of benzene rings is 2. The molecule has 2 aromatic carbocycles. The fourth-order valence-corrected chi connectivity index (χ4v) is 3.04. The highest BCUT2D eigenvalue weighted by atomic mass is 19.4. The van der Waals surface area contributed by atoms with E-state index in [9.17, 15) is 18.0 Å². The van der Waals surface area contributed by atoms with Crippen molar-refractivity contribution < 1.29 is 22.7 Å². The molecule has 0 fully saturated rings. The van der Waals surface area contributed by atoms with E-state index in [-0.39, 0.29) is 12.3 Å². The molecule has 3 nitrogen and oxygen atoms in total. The van der Waals surface area contributed by atoms with Crippen molar-refractivity contribution in [2.45, 2.75) is 25.4 Å². The summed E-state index contributed by atoms with van der Waals surface area (Å²) >= 11 is 0. The molecule has 1 aliphatic rings. The van der Waals surface area contributed by atoms with Crippen LogP contribution in [0.1, 0.15) is 23.1 Å². The molecule has 0 aliphatic carbocycles. The minimum absolute atomic E-state index is 0.0730. The third-order valence-corrected chi connectivity index (χ3v) is 4.34. The number of rotatable bonds is 3. The van der Waals surface area contributed by atoms with Gasteiger partial charge in [0.05, 0.1) is 19.1 Å². The van der Waals surface area contributed by atoms with Gasteiger partial charge in [-0.15, -0.1) is 0 Å². The van der Waals surface area contributed by atoms with Gasteiger partial charge in [-0.2, -0.15) is 13.2 Å². The number of methoxy groups -OCH3 is 1. The van der Waals surface area contributed by atoms with Gasteiger partial charge in [0.1, 0.15) is 5.75 Å². The Balaban J connectivity index is 1.76. The maximum Gasteiger partial charge on any atom is 0.416 e. The van der Waals surface area contributed by atoms with E-state index in [1.54, 1.807) is 12.0 Å². The van der Waals surface area contributed by atoms with E-state index < -0.39 is 11.7 Å². The van der Waals surface area contributed by atoms with Crippen LogP contribution in [-0.4, -0.2) is 19.6 Å². The van der Waals surface area contributed by atoms with Crippen molar-refractivity contribution in [1.82, 2.24) is 0 Å². The topological polar surface area (TPSA) is 29.5 Å². The predicted molar refractivity (Wildman–Crippen MR) is 88.8 cm³/mol. The summed E-state index contributed by atoms with van der Waals surface area (Å²) in [5.74, 6) is 0.627. The summed E-state index contributed by atoms with van der Waals surface area (Å²) in [5, 5.41) is 0. The number of nitrogens with zero attached hydrogens (tertiary/aromatic N) is 1. The van der Waals surface area contributed by atoms with Crippen molar-refractivity contribution in [3.63, 3.8) is 0 Å². The molecule has 0 aromatic heterocycles. The maximum absolute atomic E-state index is 12.6. The lowest BCUT2D eigenvalue weighted by Gasteiger charge is -2.30. The first-order chi connectivity index (χ1) is 11.9. The number of amides is 1. The lowest BCUT2D eigenvalue weighted by atomic mass is 10.00. The van der Waals surface area contributed by atoms with Crippen LogP contribution in [0.3, 0.4) is 0 Å². The highest BCUT2D eigenvalue weighted by Crippen LogP contribution is 2.32. The lowest BCUT2D eigenvalue weighted by molar-refractivity contribution is -0.137. The Labute approximate surface area is 144 Å². The monoisotopic (exact) mass is 349 g/mol. The number of anilines is 1. The molecule has 2 aromatic rings. The maximum atomic E-state index is 12.6. The summed E-state index contributed by atoms with van der Waals surface area (Å²) in [5.41, 5.74) is 1.76. The fourth-order valence-electron chi connectivity index (χ4n) is 3.04. The molecule has 1 amide bonds. The largest absolute Gasteiger partial charge is 0.497 e. The molecule has 0 atom stereocenters. The summed E-state index contributed by atoms with van der Waals surface area (Å²) < 4.78 is 43.1. The fraction of sp³-hybridized carbons (Fsp3) is 0.316. The van der Waals surface area contributed by atoms with Crippen LogP contribution < -0.4 is 9.64 Å². The smallest absolute Gasteiger partial charge is 0.416 e. The molecule has 0 radical (unpaired) electrons. The average Bonchev–Trinajstić information content (AvgIpc) is 2.60. The van der Waals surface area contributed by atoms with E-state index in [1.807, 2.05) is 18.2 Å². The van der Waals surface area contributed by atoms with Gasteiger partial charge in [-0.05, 0) is 54.3 Å². The number of hydrogen-bond acceptors (Lipinski definition) is 2. The van der Waals surface area contributed by atoms with Crippen LogP contribution in [0.25, 0.3) is 0 Å². The molecule has 1 heterocycles. The molecule has 0 spiro atoms. The zero-order valence-electron chi connectivity index (χ0n) is 13.8. The Hall–Kier alpha value is -2.50. The molecule has 0 saturated heterocycles. The number of aryl methyl sites for hydroxylation is 1. The average molecular weight is 349 g/mol. The third-order valence-electron chi connectivity index (χ3n) is 4.34. The number of alkyl halides is 3. The predicted octanol–water partition coefficient (Wildman–Crippen LogP) is 4.24. The van der Waals surface area contributed by atoms with Crippen LogP contribution in [0, 0.1) is 0 Å². The molecule has 132 valence electrons. The number of ether oxygens (including phenoxy) is 1. The molecular formula is C19H18F3NO2.